The Bertz CT molecular complexity index is 447. The van der Waals surface area contributed by atoms with Crippen molar-refractivity contribution in [3.05, 3.63) is 28.8 Å². The fourth-order valence-electron chi connectivity index (χ4n) is 2.27. The molecule has 3 nitrogen and oxygen atoms in total. The van der Waals surface area contributed by atoms with E-state index in [0.29, 0.717) is 11.1 Å². The van der Waals surface area contributed by atoms with Crippen LogP contribution in [0.25, 0.3) is 0 Å². The van der Waals surface area contributed by atoms with Crippen molar-refractivity contribution in [1.29, 1.82) is 0 Å². The van der Waals surface area contributed by atoms with Crippen molar-refractivity contribution in [2.24, 2.45) is 0 Å². The van der Waals surface area contributed by atoms with E-state index in [1.54, 1.807) is 6.07 Å². The van der Waals surface area contributed by atoms with Gasteiger partial charge in [-0.05, 0) is 50.8 Å². The summed E-state index contributed by atoms with van der Waals surface area (Å²) in [6.07, 6.45) is 3.38. The van der Waals surface area contributed by atoms with E-state index in [-0.39, 0.29) is 6.03 Å². The normalized spacial score (nSPS) is 19.7. The van der Waals surface area contributed by atoms with Gasteiger partial charge in [-0.15, -0.1) is 0 Å². The molecule has 2 amide bonds. The van der Waals surface area contributed by atoms with E-state index in [9.17, 15) is 4.79 Å². The van der Waals surface area contributed by atoms with Gasteiger partial charge in [0.05, 0.1) is 0 Å². The standard InChI is InChI=1S/C14H19ClN2O/c1-10-6-7-12(9-13(10)15)16-14(18)17-8-4-3-5-11(17)2/h6-7,9,11H,3-5,8H2,1-2H3,(H,16,18)/t11-/m1/s1. The second-order valence-electron chi connectivity index (χ2n) is 4.93. The highest BCUT2D eigenvalue weighted by molar-refractivity contribution is 6.31. The molecule has 0 bridgehead atoms. The number of hydrogen-bond acceptors (Lipinski definition) is 1. The molecule has 0 unspecified atom stereocenters. The molecule has 1 N–H and O–H groups in total. The highest BCUT2D eigenvalue weighted by Gasteiger charge is 2.23. The number of carbonyl (C=O) groups excluding carboxylic acids is 1. The Kier molecular flexibility index (Phi) is 4.12. The number of nitrogens with zero attached hydrogens (tertiary/aromatic N) is 1. The van der Waals surface area contributed by atoms with Crippen molar-refractivity contribution in [3.63, 3.8) is 0 Å². The predicted octanol–water partition coefficient (Wildman–Crippen LogP) is 4.05. The molecule has 1 heterocycles. The van der Waals surface area contributed by atoms with Crippen LogP contribution in [-0.4, -0.2) is 23.5 Å². The Morgan fingerprint density at radius 1 is 1.44 bits per heavy atom. The van der Waals surface area contributed by atoms with Crippen LogP contribution < -0.4 is 5.32 Å². The molecule has 0 saturated carbocycles. The quantitative estimate of drug-likeness (QED) is 0.817. The molecular weight excluding hydrogens is 248 g/mol. The van der Waals surface area contributed by atoms with Gasteiger partial charge in [0.15, 0.2) is 0 Å². The van der Waals surface area contributed by atoms with Gasteiger partial charge < -0.3 is 10.2 Å². The second kappa shape index (κ2) is 5.61. The minimum Gasteiger partial charge on any atom is -0.322 e. The monoisotopic (exact) mass is 266 g/mol. The Balaban J connectivity index is 2.04. The summed E-state index contributed by atoms with van der Waals surface area (Å²) in [5.41, 5.74) is 1.77. The number of amides is 2. The average molecular weight is 267 g/mol. The minimum absolute atomic E-state index is 0.0258. The summed E-state index contributed by atoms with van der Waals surface area (Å²) < 4.78 is 0. The molecule has 1 aromatic carbocycles. The van der Waals surface area contributed by atoms with Crippen LogP contribution in [0.3, 0.4) is 0 Å². The number of anilines is 1. The molecule has 0 radical (unpaired) electrons. The van der Waals surface area contributed by atoms with Crippen LogP contribution in [0.1, 0.15) is 31.7 Å². The van der Waals surface area contributed by atoms with Crippen LogP contribution in [0, 0.1) is 6.92 Å². The maximum Gasteiger partial charge on any atom is 0.322 e. The number of piperidine rings is 1. The van der Waals surface area contributed by atoms with E-state index in [1.807, 2.05) is 24.0 Å². The van der Waals surface area contributed by atoms with Gasteiger partial charge in [-0.1, -0.05) is 17.7 Å². The minimum atomic E-state index is -0.0258. The first-order valence-electron chi connectivity index (χ1n) is 6.41. The Morgan fingerprint density at radius 2 is 2.22 bits per heavy atom. The van der Waals surface area contributed by atoms with E-state index in [1.165, 1.54) is 6.42 Å². The van der Waals surface area contributed by atoms with E-state index in [4.69, 9.17) is 11.6 Å². The number of likely N-dealkylation sites (tertiary alicyclic amines) is 1. The van der Waals surface area contributed by atoms with Crippen molar-refractivity contribution in [1.82, 2.24) is 4.90 Å². The van der Waals surface area contributed by atoms with Crippen molar-refractivity contribution in [2.75, 3.05) is 11.9 Å². The molecule has 1 aromatic rings. The van der Waals surface area contributed by atoms with Gasteiger partial charge in [-0.2, -0.15) is 0 Å². The third kappa shape index (κ3) is 2.96. The second-order valence-corrected chi connectivity index (χ2v) is 5.34. The number of rotatable bonds is 1. The van der Waals surface area contributed by atoms with Crippen LogP contribution >= 0.6 is 11.6 Å². The lowest BCUT2D eigenvalue weighted by Crippen LogP contribution is -2.44. The lowest BCUT2D eigenvalue weighted by Gasteiger charge is -2.33. The van der Waals surface area contributed by atoms with E-state index in [2.05, 4.69) is 12.2 Å². The van der Waals surface area contributed by atoms with Gasteiger partial charge in [0.2, 0.25) is 0 Å². The fraction of sp³-hybridized carbons (Fsp3) is 0.500. The zero-order valence-electron chi connectivity index (χ0n) is 10.9. The summed E-state index contributed by atoms with van der Waals surface area (Å²) in [4.78, 5) is 14.0. The van der Waals surface area contributed by atoms with Gasteiger partial charge in [0.1, 0.15) is 0 Å². The first kappa shape index (κ1) is 13.2. The molecule has 1 atom stereocenters. The van der Waals surface area contributed by atoms with Crippen LogP contribution in [0.15, 0.2) is 18.2 Å². The number of carbonyl (C=O) groups is 1. The molecule has 1 saturated heterocycles. The van der Waals surface area contributed by atoms with Gasteiger partial charge in [-0.3, -0.25) is 0 Å². The number of urea groups is 1. The van der Waals surface area contributed by atoms with Crippen LogP contribution in [0.4, 0.5) is 10.5 Å². The zero-order chi connectivity index (χ0) is 13.1. The molecule has 98 valence electrons. The van der Waals surface area contributed by atoms with Crippen LogP contribution in [0.5, 0.6) is 0 Å². The highest BCUT2D eigenvalue weighted by atomic mass is 35.5. The average Bonchev–Trinajstić information content (AvgIpc) is 2.34. The lowest BCUT2D eigenvalue weighted by atomic mass is 10.0. The predicted molar refractivity (Wildman–Crippen MR) is 75.2 cm³/mol. The first-order chi connectivity index (χ1) is 8.58. The fourth-order valence-corrected chi connectivity index (χ4v) is 2.45. The number of nitrogens with one attached hydrogen (secondary N) is 1. The number of hydrogen-bond donors (Lipinski definition) is 1. The summed E-state index contributed by atoms with van der Waals surface area (Å²) in [5, 5.41) is 3.59. The van der Waals surface area contributed by atoms with E-state index < -0.39 is 0 Å². The van der Waals surface area contributed by atoms with Crippen molar-refractivity contribution in [2.45, 2.75) is 39.2 Å². The third-order valence-electron chi connectivity index (χ3n) is 3.49. The molecule has 0 spiro atoms. The smallest absolute Gasteiger partial charge is 0.322 e. The van der Waals surface area contributed by atoms with Gasteiger partial charge in [0.25, 0.3) is 0 Å². The van der Waals surface area contributed by atoms with Crippen LogP contribution in [0.2, 0.25) is 5.02 Å². The summed E-state index contributed by atoms with van der Waals surface area (Å²) in [7, 11) is 0. The Morgan fingerprint density at radius 3 is 2.89 bits per heavy atom. The Labute approximate surface area is 113 Å². The molecular formula is C14H19ClN2O. The molecule has 1 aliphatic rings. The summed E-state index contributed by atoms with van der Waals surface area (Å²) in [6, 6.07) is 5.89. The first-order valence-corrected chi connectivity index (χ1v) is 6.79. The molecule has 4 heteroatoms. The van der Waals surface area contributed by atoms with Crippen LogP contribution in [-0.2, 0) is 0 Å². The summed E-state index contributed by atoms with van der Waals surface area (Å²) >= 11 is 6.05. The summed E-state index contributed by atoms with van der Waals surface area (Å²) in [5.74, 6) is 0. The maximum absolute atomic E-state index is 12.1. The zero-order valence-corrected chi connectivity index (χ0v) is 11.6. The van der Waals surface area contributed by atoms with Crippen molar-refractivity contribution >= 4 is 23.3 Å². The molecule has 0 aromatic heterocycles. The third-order valence-corrected chi connectivity index (χ3v) is 3.89. The topological polar surface area (TPSA) is 32.3 Å². The van der Waals surface area contributed by atoms with E-state index >= 15 is 0 Å². The molecule has 1 aliphatic heterocycles. The van der Waals surface area contributed by atoms with E-state index in [0.717, 1.165) is 30.6 Å². The van der Waals surface area contributed by atoms with Gasteiger partial charge >= 0.3 is 6.03 Å². The highest BCUT2D eigenvalue weighted by Crippen LogP contribution is 2.22. The summed E-state index contributed by atoms with van der Waals surface area (Å²) in [6.45, 7) is 4.88. The SMILES string of the molecule is Cc1ccc(NC(=O)N2CCCC[C@H]2C)cc1Cl. The molecule has 1 fully saturated rings. The molecule has 18 heavy (non-hydrogen) atoms. The number of benzene rings is 1. The van der Waals surface area contributed by atoms with Gasteiger partial charge in [-0.25, -0.2) is 4.79 Å². The van der Waals surface area contributed by atoms with Crippen molar-refractivity contribution < 1.29 is 4.79 Å². The molecule has 0 aliphatic carbocycles. The largest absolute Gasteiger partial charge is 0.322 e. The number of halogens is 1. The van der Waals surface area contributed by atoms with Gasteiger partial charge in [0, 0.05) is 23.3 Å². The number of aryl methyl sites for hydroxylation is 1. The van der Waals surface area contributed by atoms with Crippen molar-refractivity contribution in [3.8, 4) is 0 Å². The maximum atomic E-state index is 12.1. The Hall–Kier alpha value is -1.22. The lowest BCUT2D eigenvalue weighted by molar-refractivity contribution is 0.170. The molecule has 2 rings (SSSR count).